The summed E-state index contributed by atoms with van der Waals surface area (Å²) < 4.78 is 7.37. The van der Waals surface area contributed by atoms with Crippen LogP contribution in [0.15, 0.2) is 42.7 Å². The molecule has 1 aliphatic rings. The Kier molecular flexibility index (Phi) is 4.57. The first-order chi connectivity index (χ1) is 11.4. The number of hydrogen-bond donors (Lipinski definition) is 1. The molecule has 3 rings (SSSR count). The normalized spacial score (nSPS) is 18.5. The van der Waals surface area contributed by atoms with E-state index in [4.69, 9.17) is 4.74 Å². The fraction of sp³-hybridized carbons (Fsp3) is 0.444. The third kappa shape index (κ3) is 3.76. The third-order valence-corrected chi connectivity index (χ3v) is 3.92. The average Bonchev–Trinajstić information content (AvgIpc) is 3.08. The summed E-state index contributed by atoms with van der Waals surface area (Å²) in [5, 5.41) is 7.59. The summed E-state index contributed by atoms with van der Waals surface area (Å²) in [5.74, 6) is 0. The van der Waals surface area contributed by atoms with E-state index in [0.29, 0.717) is 6.54 Å². The summed E-state index contributed by atoms with van der Waals surface area (Å²) in [6.45, 7) is 7.81. The maximum absolute atomic E-state index is 12.5. The topological polar surface area (TPSA) is 59.4 Å². The maximum Gasteiger partial charge on any atom is 0.410 e. The van der Waals surface area contributed by atoms with E-state index in [1.807, 2.05) is 66.9 Å². The lowest BCUT2D eigenvalue weighted by atomic mass is 10.0. The smallest absolute Gasteiger partial charge is 0.410 e. The van der Waals surface area contributed by atoms with Crippen molar-refractivity contribution in [3.05, 3.63) is 48.3 Å². The standard InChI is InChI=1S/C18H24N4O2/c1-18(2,3)24-17(23)21-12-10-19-13-16(21)14-5-7-15(8-6-14)22-11-4-9-20-22/h4-9,11,16,19H,10,12-13H2,1-3H3. The average molecular weight is 328 g/mol. The second kappa shape index (κ2) is 6.65. The maximum atomic E-state index is 12.5. The zero-order chi connectivity index (χ0) is 17.2. The lowest BCUT2D eigenvalue weighted by Gasteiger charge is -2.37. The minimum absolute atomic E-state index is 0.0275. The Morgan fingerprint density at radius 2 is 2.04 bits per heavy atom. The molecular formula is C18H24N4O2. The fourth-order valence-electron chi connectivity index (χ4n) is 2.81. The van der Waals surface area contributed by atoms with Gasteiger partial charge in [-0.2, -0.15) is 5.10 Å². The predicted octanol–water partition coefficient (Wildman–Crippen LogP) is 2.75. The largest absolute Gasteiger partial charge is 0.444 e. The van der Waals surface area contributed by atoms with Crippen LogP contribution in [0, 0.1) is 0 Å². The van der Waals surface area contributed by atoms with E-state index in [2.05, 4.69) is 10.4 Å². The lowest BCUT2D eigenvalue weighted by molar-refractivity contribution is 0.0118. The van der Waals surface area contributed by atoms with Gasteiger partial charge in [0, 0.05) is 32.0 Å². The molecule has 128 valence electrons. The zero-order valence-corrected chi connectivity index (χ0v) is 14.4. The molecular weight excluding hydrogens is 304 g/mol. The molecule has 0 saturated carbocycles. The van der Waals surface area contributed by atoms with Crippen LogP contribution in [0.3, 0.4) is 0 Å². The molecule has 1 aromatic carbocycles. The second-order valence-corrected chi connectivity index (χ2v) is 6.94. The molecule has 1 N–H and O–H groups in total. The fourth-order valence-corrected chi connectivity index (χ4v) is 2.81. The number of aromatic nitrogens is 2. The van der Waals surface area contributed by atoms with Crippen molar-refractivity contribution in [2.45, 2.75) is 32.4 Å². The van der Waals surface area contributed by atoms with E-state index in [0.717, 1.165) is 24.3 Å². The Morgan fingerprint density at radius 3 is 2.67 bits per heavy atom. The molecule has 1 aromatic heterocycles. The molecule has 6 nitrogen and oxygen atoms in total. The van der Waals surface area contributed by atoms with Crippen LogP contribution in [0.5, 0.6) is 0 Å². The monoisotopic (exact) mass is 328 g/mol. The number of amides is 1. The summed E-state index contributed by atoms with van der Waals surface area (Å²) in [5.41, 5.74) is 1.59. The first kappa shape index (κ1) is 16.5. The second-order valence-electron chi connectivity index (χ2n) is 6.94. The summed E-state index contributed by atoms with van der Waals surface area (Å²) in [4.78, 5) is 14.3. The van der Waals surface area contributed by atoms with Gasteiger partial charge in [-0.15, -0.1) is 0 Å². The minimum atomic E-state index is -0.490. The van der Waals surface area contributed by atoms with E-state index in [-0.39, 0.29) is 12.1 Å². The van der Waals surface area contributed by atoms with Crippen LogP contribution in [-0.4, -0.2) is 46.0 Å². The van der Waals surface area contributed by atoms with Crippen molar-refractivity contribution in [2.24, 2.45) is 0 Å². The molecule has 2 aromatic rings. The number of carbonyl (C=O) groups excluding carboxylic acids is 1. The van der Waals surface area contributed by atoms with Crippen LogP contribution in [0.2, 0.25) is 0 Å². The SMILES string of the molecule is CC(C)(C)OC(=O)N1CCNCC1c1ccc(-n2cccn2)cc1. The van der Waals surface area contributed by atoms with E-state index in [1.165, 1.54) is 0 Å². The highest BCUT2D eigenvalue weighted by Crippen LogP contribution is 2.25. The summed E-state index contributed by atoms with van der Waals surface area (Å²) in [6, 6.07) is 10.00. The molecule has 1 amide bonds. The first-order valence-electron chi connectivity index (χ1n) is 8.24. The number of nitrogens with one attached hydrogen (secondary N) is 1. The summed E-state index contributed by atoms with van der Waals surface area (Å²) >= 11 is 0. The van der Waals surface area contributed by atoms with Gasteiger partial charge in [0.2, 0.25) is 0 Å². The van der Waals surface area contributed by atoms with Crippen LogP contribution >= 0.6 is 0 Å². The van der Waals surface area contributed by atoms with Gasteiger partial charge in [0.15, 0.2) is 0 Å². The van der Waals surface area contributed by atoms with Crippen molar-refractivity contribution < 1.29 is 9.53 Å². The number of nitrogens with zero attached hydrogens (tertiary/aromatic N) is 3. The van der Waals surface area contributed by atoms with Crippen LogP contribution in [-0.2, 0) is 4.74 Å². The number of rotatable bonds is 2. The Hall–Kier alpha value is -2.34. The van der Waals surface area contributed by atoms with Gasteiger partial charge in [-0.05, 0) is 44.5 Å². The molecule has 1 saturated heterocycles. The number of piperazine rings is 1. The minimum Gasteiger partial charge on any atom is -0.444 e. The van der Waals surface area contributed by atoms with Gasteiger partial charge < -0.3 is 10.1 Å². The quantitative estimate of drug-likeness (QED) is 0.921. The highest BCUT2D eigenvalue weighted by Gasteiger charge is 2.31. The zero-order valence-electron chi connectivity index (χ0n) is 14.4. The third-order valence-electron chi connectivity index (χ3n) is 3.92. The molecule has 0 spiro atoms. The van der Waals surface area contributed by atoms with Gasteiger partial charge in [-0.25, -0.2) is 9.48 Å². The van der Waals surface area contributed by atoms with Gasteiger partial charge in [0.05, 0.1) is 11.7 Å². The highest BCUT2D eigenvalue weighted by molar-refractivity contribution is 5.69. The van der Waals surface area contributed by atoms with Crippen molar-refractivity contribution in [1.29, 1.82) is 0 Å². The van der Waals surface area contributed by atoms with Gasteiger partial charge in [-0.1, -0.05) is 12.1 Å². The molecule has 24 heavy (non-hydrogen) atoms. The van der Waals surface area contributed by atoms with E-state index in [1.54, 1.807) is 6.20 Å². The van der Waals surface area contributed by atoms with E-state index in [9.17, 15) is 4.79 Å². The van der Waals surface area contributed by atoms with Gasteiger partial charge in [0.1, 0.15) is 5.60 Å². The van der Waals surface area contributed by atoms with Crippen LogP contribution < -0.4 is 5.32 Å². The molecule has 1 atom stereocenters. The Balaban J connectivity index is 1.79. The van der Waals surface area contributed by atoms with Crippen molar-refractivity contribution >= 4 is 6.09 Å². The number of ether oxygens (including phenoxy) is 1. The van der Waals surface area contributed by atoms with E-state index >= 15 is 0 Å². The number of hydrogen-bond acceptors (Lipinski definition) is 4. The highest BCUT2D eigenvalue weighted by atomic mass is 16.6. The van der Waals surface area contributed by atoms with Crippen molar-refractivity contribution in [2.75, 3.05) is 19.6 Å². The number of benzene rings is 1. The van der Waals surface area contributed by atoms with Crippen molar-refractivity contribution in [3.63, 3.8) is 0 Å². The summed E-state index contributed by atoms with van der Waals surface area (Å²) in [6.07, 6.45) is 3.40. The first-order valence-corrected chi connectivity index (χ1v) is 8.24. The van der Waals surface area contributed by atoms with Gasteiger partial charge in [0.25, 0.3) is 0 Å². The van der Waals surface area contributed by atoms with Crippen LogP contribution in [0.4, 0.5) is 4.79 Å². The molecule has 0 radical (unpaired) electrons. The Morgan fingerprint density at radius 1 is 1.29 bits per heavy atom. The molecule has 1 aliphatic heterocycles. The van der Waals surface area contributed by atoms with Crippen LogP contribution in [0.25, 0.3) is 5.69 Å². The molecule has 1 unspecified atom stereocenters. The predicted molar refractivity (Wildman–Crippen MR) is 92.1 cm³/mol. The molecule has 1 fully saturated rings. The number of carbonyl (C=O) groups is 1. The Bertz CT molecular complexity index is 674. The van der Waals surface area contributed by atoms with Gasteiger partial charge in [-0.3, -0.25) is 4.90 Å². The Labute approximate surface area is 142 Å². The van der Waals surface area contributed by atoms with Gasteiger partial charge >= 0.3 is 6.09 Å². The van der Waals surface area contributed by atoms with Crippen molar-refractivity contribution in [1.82, 2.24) is 20.0 Å². The van der Waals surface area contributed by atoms with Crippen LogP contribution in [0.1, 0.15) is 32.4 Å². The summed E-state index contributed by atoms with van der Waals surface area (Å²) in [7, 11) is 0. The molecule has 0 bridgehead atoms. The molecule has 0 aliphatic carbocycles. The van der Waals surface area contributed by atoms with Crippen molar-refractivity contribution in [3.8, 4) is 5.69 Å². The lowest BCUT2D eigenvalue weighted by Crippen LogP contribution is -2.50. The molecule has 2 heterocycles. The molecule has 6 heteroatoms. The van der Waals surface area contributed by atoms with E-state index < -0.39 is 5.60 Å².